The number of hydrogen-bond donors (Lipinski definition) is 4. The number of aromatic nitrogens is 2. The first kappa shape index (κ1) is 30.9. The second kappa shape index (κ2) is 12.3. The SMILES string of the molecule is CC(C)OC(=O)[C@H](C)NP(=S)(OC[C@@]1(C(F)F)O[C@@H](n2cc(F)c(N)nc2=O)[C@H](O)[C@@H]1O)Oc1ccccc1. The average molecular weight is 597 g/mol. The van der Waals surface area contributed by atoms with Gasteiger partial charge in [-0.1, -0.05) is 18.2 Å². The lowest BCUT2D eigenvalue weighted by atomic mass is 9.96. The molecule has 1 saturated heterocycles. The van der Waals surface area contributed by atoms with Crippen LogP contribution in [0.4, 0.5) is 19.0 Å². The molecule has 0 saturated carbocycles. The summed E-state index contributed by atoms with van der Waals surface area (Å²) in [5, 5.41) is 23.8. The van der Waals surface area contributed by atoms with Gasteiger partial charge >= 0.3 is 18.3 Å². The summed E-state index contributed by atoms with van der Waals surface area (Å²) >= 11 is 5.48. The van der Waals surface area contributed by atoms with E-state index in [0.29, 0.717) is 10.8 Å². The van der Waals surface area contributed by atoms with Gasteiger partial charge in [0.2, 0.25) is 0 Å². The van der Waals surface area contributed by atoms with Crippen LogP contribution in [0.2, 0.25) is 0 Å². The zero-order valence-electron chi connectivity index (χ0n) is 20.9. The zero-order chi connectivity index (χ0) is 29.1. The fraction of sp³-hybridized carbons (Fsp3) is 0.500. The molecule has 0 radical (unpaired) electrons. The molecule has 17 heteroatoms. The van der Waals surface area contributed by atoms with Gasteiger partial charge in [0.1, 0.15) is 24.0 Å². The van der Waals surface area contributed by atoms with Crippen molar-refractivity contribution >= 4 is 30.2 Å². The Balaban J connectivity index is 1.92. The molecule has 1 aliphatic heterocycles. The highest BCUT2D eigenvalue weighted by Gasteiger charge is 2.61. The van der Waals surface area contributed by atoms with E-state index in [1.165, 1.54) is 19.1 Å². The fourth-order valence-corrected chi connectivity index (χ4v) is 5.97. The maximum atomic E-state index is 14.5. The quantitative estimate of drug-likeness (QED) is 0.218. The first-order valence-electron chi connectivity index (χ1n) is 11.5. The molecule has 2 heterocycles. The molecule has 12 nitrogen and oxygen atoms in total. The molecule has 216 valence electrons. The fourth-order valence-electron chi connectivity index (χ4n) is 3.55. The zero-order valence-corrected chi connectivity index (χ0v) is 22.7. The lowest BCUT2D eigenvalue weighted by Crippen LogP contribution is -2.53. The summed E-state index contributed by atoms with van der Waals surface area (Å²) in [5.74, 6) is -2.51. The average Bonchev–Trinajstić information content (AvgIpc) is 3.11. The first-order valence-corrected chi connectivity index (χ1v) is 14.2. The van der Waals surface area contributed by atoms with Gasteiger partial charge in [-0.3, -0.25) is 9.36 Å². The Morgan fingerprint density at radius 2 is 1.95 bits per heavy atom. The molecular weight excluding hydrogens is 568 g/mol. The summed E-state index contributed by atoms with van der Waals surface area (Å²) in [7, 11) is 0. The van der Waals surface area contributed by atoms with E-state index in [-0.39, 0.29) is 5.75 Å². The molecule has 39 heavy (non-hydrogen) atoms. The van der Waals surface area contributed by atoms with Crippen LogP contribution in [0, 0.1) is 5.82 Å². The van der Waals surface area contributed by atoms with Crippen LogP contribution in [0.25, 0.3) is 0 Å². The molecule has 2 aromatic rings. The Hall–Kier alpha value is -2.59. The van der Waals surface area contributed by atoms with Crippen LogP contribution >= 0.6 is 6.64 Å². The minimum absolute atomic E-state index is 0.171. The summed E-state index contributed by atoms with van der Waals surface area (Å²) in [4.78, 5) is 27.8. The Labute approximate surface area is 226 Å². The Kier molecular flexibility index (Phi) is 9.75. The number of anilines is 1. The number of halogens is 3. The number of alkyl halides is 2. The van der Waals surface area contributed by atoms with Crippen LogP contribution in [-0.4, -0.2) is 68.7 Å². The summed E-state index contributed by atoms with van der Waals surface area (Å²) < 4.78 is 65.0. The molecule has 1 aliphatic rings. The number of esters is 1. The molecule has 0 spiro atoms. The lowest BCUT2D eigenvalue weighted by Gasteiger charge is -2.34. The number of rotatable bonds is 11. The van der Waals surface area contributed by atoms with E-state index in [2.05, 4.69) is 10.1 Å². The minimum Gasteiger partial charge on any atom is -0.462 e. The van der Waals surface area contributed by atoms with E-state index in [1.54, 1.807) is 32.0 Å². The maximum absolute atomic E-state index is 14.5. The van der Waals surface area contributed by atoms with Crippen molar-refractivity contribution in [1.29, 1.82) is 0 Å². The number of para-hydroxylation sites is 1. The molecule has 0 bridgehead atoms. The van der Waals surface area contributed by atoms with E-state index >= 15 is 0 Å². The van der Waals surface area contributed by atoms with Crippen molar-refractivity contribution in [2.75, 3.05) is 12.3 Å². The molecular formula is C22H28F3N4O8PS. The lowest BCUT2D eigenvalue weighted by molar-refractivity contribution is -0.192. The number of nitrogens with two attached hydrogens (primary N) is 1. The number of ether oxygens (including phenoxy) is 2. The molecule has 1 aromatic carbocycles. The van der Waals surface area contributed by atoms with Crippen LogP contribution in [0.5, 0.6) is 5.75 Å². The number of aliphatic hydroxyl groups is 2. The van der Waals surface area contributed by atoms with Crippen molar-refractivity contribution in [2.45, 2.75) is 63.4 Å². The van der Waals surface area contributed by atoms with E-state index in [4.69, 9.17) is 36.1 Å². The van der Waals surface area contributed by atoms with E-state index in [9.17, 15) is 33.0 Å². The third-order valence-electron chi connectivity index (χ3n) is 5.52. The van der Waals surface area contributed by atoms with E-state index < -0.39 is 79.2 Å². The van der Waals surface area contributed by atoms with Crippen molar-refractivity contribution in [3.8, 4) is 5.75 Å². The number of carbonyl (C=O) groups excluding carboxylic acids is 1. The normalized spacial score (nSPS) is 25.4. The Morgan fingerprint density at radius 3 is 2.54 bits per heavy atom. The second-order valence-electron chi connectivity index (χ2n) is 8.88. The smallest absolute Gasteiger partial charge is 0.351 e. The summed E-state index contributed by atoms with van der Waals surface area (Å²) in [5.41, 5.74) is 1.05. The molecule has 1 fully saturated rings. The summed E-state index contributed by atoms with van der Waals surface area (Å²) in [6.45, 7) is -0.413. The summed E-state index contributed by atoms with van der Waals surface area (Å²) in [6, 6.07) is 6.78. The van der Waals surface area contributed by atoms with Gasteiger partial charge < -0.3 is 34.5 Å². The van der Waals surface area contributed by atoms with E-state index in [0.717, 1.165) is 0 Å². The second-order valence-corrected chi connectivity index (χ2v) is 12.0. The number of nitrogen functional groups attached to an aromatic ring is 1. The number of aliphatic hydroxyl groups excluding tert-OH is 2. The van der Waals surface area contributed by atoms with Crippen LogP contribution in [0.15, 0.2) is 41.3 Å². The van der Waals surface area contributed by atoms with Crippen molar-refractivity contribution in [2.24, 2.45) is 0 Å². The topological polar surface area (TPSA) is 167 Å². The van der Waals surface area contributed by atoms with Gasteiger partial charge in [0, 0.05) is 0 Å². The van der Waals surface area contributed by atoms with Gasteiger partial charge in [-0.05, 0) is 44.7 Å². The molecule has 3 rings (SSSR count). The van der Waals surface area contributed by atoms with Gasteiger partial charge in [0.05, 0.1) is 18.9 Å². The highest BCUT2D eigenvalue weighted by atomic mass is 32.5. The molecule has 1 unspecified atom stereocenters. The van der Waals surface area contributed by atoms with Crippen molar-refractivity contribution in [1.82, 2.24) is 14.6 Å². The van der Waals surface area contributed by atoms with Crippen LogP contribution < -0.4 is 21.0 Å². The molecule has 0 aliphatic carbocycles. The van der Waals surface area contributed by atoms with Crippen molar-refractivity contribution in [3.63, 3.8) is 0 Å². The van der Waals surface area contributed by atoms with Gasteiger partial charge in [0.25, 0.3) is 6.43 Å². The largest absolute Gasteiger partial charge is 0.462 e. The molecule has 5 N–H and O–H groups in total. The summed E-state index contributed by atoms with van der Waals surface area (Å²) in [6.07, 6.45) is -9.97. The third-order valence-corrected chi connectivity index (χ3v) is 8.00. The molecule has 6 atom stereocenters. The number of benzene rings is 1. The van der Waals surface area contributed by atoms with Crippen molar-refractivity contribution in [3.05, 3.63) is 52.8 Å². The predicted molar refractivity (Wildman–Crippen MR) is 135 cm³/mol. The van der Waals surface area contributed by atoms with Gasteiger partial charge in [-0.25, -0.2) is 23.1 Å². The standard InChI is InChI=1S/C22H28F3N4O8PS/c1-11(2)35-19(32)12(3)28-38(39,37-13-7-5-4-6-8-13)34-10-22(20(24)25)16(31)15(30)18(36-22)29-9-14(23)17(26)27-21(29)33/h4-9,11-12,15-16,18,20,30-31H,10H2,1-3H3,(H,28,39)(H2,26,27,33)/t12-,15+,16-,18+,22+,38?/m0/s1. The highest BCUT2D eigenvalue weighted by molar-refractivity contribution is 8.09. The molecule has 0 amide bonds. The third kappa shape index (κ3) is 6.95. The minimum atomic E-state index is -3.87. The Morgan fingerprint density at radius 1 is 1.31 bits per heavy atom. The number of hydrogen-bond acceptors (Lipinski definition) is 11. The first-order chi connectivity index (χ1) is 18.2. The Bertz CT molecular complexity index is 1270. The van der Waals surface area contributed by atoms with Gasteiger partial charge in [-0.2, -0.15) is 4.98 Å². The highest BCUT2D eigenvalue weighted by Crippen LogP contribution is 2.49. The van der Waals surface area contributed by atoms with Gasteiger partial charge in [-0.15, -0.1) is 0 Å². The van der Waals surface area contributed by atoms with E-state index in [1.807, 2.05) is 0 Å². The number of nitrogens with one attached hydrogen (secondary N) is 1. The van der Waals surface area contributed by atoms with Crippen LogP contribution in [0.1, 0.15) is 27.0 Å². The van der Waals surface area contributed by atoms with Gasteiger partial charge in [0.15, 0.2) is 23.5 Å². The number of nitrogens with zero attached hydrogens (tertiary/aromatic N) is 2. The van der Waals surface area contributed by atoms with Crippen LogP contribution in [-0.2, 0) is 30.6 Å². The maximum Gasteiger partial charge on any atom is 0.351 e. The predicted octanol–water partition coefficient (Wildman–Crippen LogP) is 1.47. The van der Waals surface area contributed by atoms with Crippen molar-refractivity contribution < 1.29 is 46.7 Å². The number of carbonyl (C=O) groups is 1. The monoisotopic (exact) mass is 596 g/mol. The van der Waals surface area contributed by atoms with Crippen LogP contribution in [0.3, 0.4) is 0 Å². The molecule has 1 aromatic heterocycles.